The SMILES string of the molecule is CC(C)CC(C)NS(=O)(=O)c1cccc(F)c1C#N. The molecule has 6 heteroatoms. The number of nitriles is 1. The lowest BCUT2D eigenvalue weighted by Gasteiger charge is -2.16. The van der Waals surface area contributed by atoms with Gasteiger partial charge in [0.25, 0.3) is 0 Å². The van der Waals surface area contributed by atoms with E-state index in [2.05, 4.69) is 4.72 Å². The lowest BCUT2D eigenvalue weighted by molar-refractivity contribution is 0.482. The van der Waals surface area contributed by atoms with Gasteiger partial charge in [-0.05, 0) is 31.4 Å². The Hall–Kier alpha value is -1.45. The van der Waals surface area contributed by atoms with Crippen LogP contribution in [0.15, 0.2) is 23.1 Å². The van der Waals surface area contributed by atoms with Gasteiger partial charge >= 0.3 is 0 Å². The Kier molecular flexibility index (Phi) is 5.04. The van der Waals surface area contributed by atoms with E-state index in [-0.39, 0.29) is 10.9 Å². The molecule has 1 N–H and O–H groups in total. The van der Waals surface area contributed by atoms with Crippen LogP contribution in [0.5, 0.6) is 0 Å². The summed E-state index contributed by atoms with van der Waals surface area (Å²) in [6.45, 7) is 5.70. The van der Waals surface area contributed by atoms with Crippen LogP contribution in [0.4, 0.5) is 4.39 Å². The van der Waals surface area contributed by atoms with E-state index in [9.17, 15) is 12.8 Å². The summed E-state index contributed by atoms with van der Waals surface area (Å²) in [4.78, 5) is -0.314. The highest BCUT2D eigenvalue weighted by molar-refractivity contribution is 7.89. The molecular weight excluding hydrogens is 267 g/mol. The second-order valence-corrected chi connectivity index (χ2v) is 6.56. The third-order valence-corrected chi connectivity index (χ3v) is 4.19. The van der Waals surface area contributed by atoms with E-state index in [1.807, 2.05) is 13.8 Å². The zero-order chi connectivity index (χ0) is 14.6. The number of halogens is 1. The molecule has 0 spiro atoms. The molecule has 0 aromatic heterocycles. The molecule has 0 saturated carbocycles. The summed E-state index contributed by atoms with van der Waals surface area (Å²) in [5.41, 5.74) is -0.452. The molecule has 0 radical (unpaired) electrons. The Morgan fingerprint density at radius 1 is 1.37 bits per heavy atom. The van der Waals surface area contributed by atoms with Crippen molar-refractivity contribution in [3.05, 3.63) is 29.6 Å². The van der Waals surface area contributed by atoms with E-state index in [0.717, 1.165) is 6.07 Å². The van der Waals surface area contributed by atoms with Gasteiger partial charge in [0.15, 0.2) is 0 Å². The molecule has 1 unspecified atom stereocenters. The number of hydrogen-bond donors (Lipinski definition) is 1. The van der Waals surface area contributed by atoms with Crippen LogP contribution in [0.25, 0.3) is 0 Å². The Morgan fingerprint density at radius 3 is 2.53 bits per heavy atom. The zero-order valence-electron chi connectivity index (χ0n) is 11.1. The Morgan fingerprint density at radius 2 is 2.00 bits per heavy atom. The van der Waals surface area contributed by atoms with Crippen LogP contribution in [-0.2, 0) is 10.0 Å². The number of sulfonamides is 1. The van der Waals surface area contributed by atoms with Crippen LogP contribution in [0.3, 0.4) is 0 Å². The van der Waals surface area contributed by atoms with Crippen molar-refractivity contribution in [2.24, 2.45) is 5.92 Å². The van der Waals surface area contributed by atoms with Gasteiger partial charge in [-0.2, -0.15) is 5.26 Å². The molecule has 0 bridgehead atoms. The molecule has 1 rings (SSSR count). The Bertz CT molecular complexity index is 591. The van der Waals surface area contributed by atoms with Gasteiger partial charge < -0.3 is 0 Å². The summed E-state index contributed by atoms with van der Waals surface area (Å²) in [5, 5.41) is 8.86. The van der Waals surface area contributed by atoms with Gasteiger partial charge in [-0.15, -0.1) is 0 Å². The maximum Gasteiger partial charge on any atom is 0.242 e. The quantitative estimate of drug-likeness (QED) is 0.902. The van der Waals surface area contributed by atoms with Gasteiger partial charge in [-0.3, -0.25) is 0 Å². The van der Waals surface area contributed by atoms with E-state index in [0.29, 0.717) is 12.3 Å². The molecule has 0 aliphatic rings. The molecule has 0 aliphatic carbocycles. The molecule has 104 valence electrons. The van der Waals surface area contributed by atoms with Crippen LogP contribution >= 0.6 is 0 Å². The molecule has 1 aromatic carbocycles. The van der Waals surface area contributed by atoms with E-state index >= 15 is 0 Å². The molecule has 1 aromatic rings. The smallest absolute Gasteiger partial charge is 0.208 e. The minimum atomic E-state index is -3.88. The molecule has 4 nitrogen and oxygen atoms in total. The van der Waals surface area contributed by atoms with Crippen LogP contribution in [0.1, 0.15) is 32.8 Å². The van der Waals surface area contributed by atoms with Gasteiger partial charge in [0.2, 0.25) is 10.0 Å². The van der Waals surface area contributed by atoms with Crippen molar-refractivity contribution >= 4 is 10.0 Å². The number of rotatable bonds is 5. The van der Waals surface area contributed by atoms with Crippen molar-refractivity contribution in [2.45, 2.75) is 38.1 Å². The van der Waals surface area contributed by atoms with E-state index in [1.165, 1.54) is 12.1 Å². The first kappa shape index (κ1) is 15.6. The highest BCUT2D eigenvalue weighted by atomic mass is 32.2. The first-order valence-electron chi connectivity index (χ1n) is 5.99. The fourth-order valence-electron chi connectivity index (χ4n) is 1.92. The molecule has 0 fully saturated rings. The zero-order valence-corrected chi connectivity index (χ0v) is 12.0. The summed E-state index contributed by atoms with van der Waals surface area (Å²) < 4.78 is 40.1. The Labute approximate surface area is 113 Å². The van der Waals surface area contributed by atoms with Gasteiger partial charge in [0, 0.05) is 6.04 Å². The molecule has 19 heavy (non-hydrogen) atoms. The lowest BCUT2D eigenvalue weighted by atomic mass is 10.1. The van der Waals surface area contributed by atoms with E-state index in [1.54, 1.807) is 13.0 Å². The van der Waals surface area contributed by atoms with E-state index < -0.39 is 21.4 Å². The van der Waals surface area contributed by atoms with Crippen LogP contribution in [-0.4, -0.2) is 14.5 Å². The van der Waals surface area contributed by atoms with Gasteiger partial charge in [-0.1, -0.05) is 19.9 Å². The van der Waals surface area contributed by atoms with Gasteiger partial charge in [0.05, 0.1) is 0 Å². The molecule has 1 atom stereocenters. The molecule has 0 amide bonds. The normalized spacial score (nSPS) is 13.3. The largest absolute Gasteiger partial charge is 0.242 e. The van der Waals surface area contributed by atoms with Crippen molar-refractivity contribution in [1.29, 1.82) is 5.26 Å². The molecule has 0 aliphatic heterocycles. The molecule has 0 saturated heterocycles. The van der Waals surface area contributed by atoms with Crippen LogP contribution < -0.4 is 4.72 Å². The van der Waals surface area contributed by atoms with Crippen molar-refractivity contribution in [1.82, 2.24) is 4.72 Å². The van der Waals surface area contributed by atoms with Crippen molar-refractivity contribution < 1.29 is 12.8 Å². The van der Waals surface area contributed by atoms with Gasteiger partial charge in [-0.25, -0.2) is 17.5 Å². The summed E-state index contributed by atoms with van der Waals surface area (Å²) in [6, 6.07) is 4.88. The maximum atomic E-state index is 13.4. The lowest BCUT2D eigenvalue weighted by Crippen LogP contribution is -2.34. The predicted octanol–water partition coefficient (Wildman–Crippen LogP) is 2.41. The fourth-order valence-corrected chi connectivity index (χ4v) is 3.34. The summed E-state index contributed by atoms with van der Waals surface area (Å²) in [5.74, 6) is -0.498. The number of nitrogens with zero attached hydrogens (tertiary/aromatic N) is 1. The summed E-state index contributed by atoms with van der Waals surface area (Å²) >= 11 is 0. The summed E-state index contributed by atoms with van der Waals surface area (Å²) in [6.07, 6.45) is 0.663. The Balaban J connectivity index is 3.09. The van der Waals surface area contributed by atoms with Crippen molar-refractivity contribution in [3.63, 3.8) is 0 Å². The minimum Gasteiger partial charge on any atom is -0.208 e. The van der Waals surface area contributed by atoms with E-state index in [4.69, 9.17) is 5.26 Å². The maximum absolute atomic E-state index is 13.4. The average molecular weight is 284 g/mol. The third-order valence-electron chi connectivity index (χ3n) is 2.56. The number of hydrogen-bond acceptors (Lipinski definition) is 3. The second-order valence-electron chi connectivity index (χ2n) is 4.88. The number of nitrogens with one attached hydrogen (secondary N) is 1. The minimum absolute atomic E-state index is 0.278. The van der Waals surface area contributed by atoms with Gasteiger partial charge in [0.1, 0.15) is 22.3 Å². The van der Waals surface area contributed by atoms with Crippen molar-refractivity contribution in [3.8, 4) is 6.07 Å². The predicted molar refractivity (Wildman–Crippen MR) is 70.4 cm³/mol. The first-order valence-corrected chi connectivity index (χ1v) is 7.47. The average Bonchev–Trinajstić information content (AvgIpc) is 2.26. The second kappa shape index (κ2) is 6.13. The monoisotopic (exact) mass is 284 g/mol. The fraction of sp³-hybridized carbons (Fsp3) is 0.462. The highest BCUT2D eigenvalue weighted by Gasteiger charge is 2.23. The number of benzene rings is 1. The summed E-state index contributed by atoms with van der Waals surface area (Å²) in [7, 11) is -3.88. The topological polar surface area (TPSA) is 70.0 Å². The highest BCUT2D eigenvalue weighted by Crippen LogP contribution is 2.18. The van der Waals surface area contributed by atoms with Crippen LogP contribution in [0.2, 0.25) is 0 Å². The van der Waals surface area contributed by atoms with Crippen LogP contribution in [0, 0.1) is 23.1 Å². The molecular formula is C13H17FN2O2S. The standard InChI is InChI=1S/C13H17FN2O2S/c1-9(2)7-10(3)16-19(17,18)13-6-4-5-12(14)11(13)8-15/h4-6,9-10,16H,7H2,1-3H3. The third kappa shape index (κ3) is 4.01. The van der Waals surface area contributed by atoms with Crippen molar-refractivity contribution in [2.75, 3.05) is 0 Å². The molecule has 0 heterocycles. The first-order chi connectivity index (χ1) is 8.77.